The van der Waals surface area contributed by atoms with Gasteiger partial charge in [-0.05, 0) is 43.4 Å². The zero-order chi connectivity index (χ0) is 13.8. The normalized spacial score (nSPS) is 14.7. The van der Waals surface area contributed by atoms with Gasteiger partial charge in [-0.3, -0.25) is 0 Å². The largest absolute Gasteiger partial charge is 0.339 e. The molecule has 1 aromatic carbocycles. The second-order valence-corrected chi connectivity index (χ2v) is 5.52. The standard InChI is InChI=1S/C16H21N3O/c17-9-5-1-2-8-15-18-16(19-20-15)14-10-12-6-3-4-7-13(12)11-14/h3-4,6-7,14H,1-2,5,8-11,17H2. The van der Waals surface area contributed by atoms with Crippen LogP contribution in [0.15, 0.2) is 28.8 Å². The van der Waals surface area contributed by atoms with Gasteiger partial charge in [0.1, 0.15) is 0 Å². The molecule has 3 rings (SSSR count). The highest BCUT2D eigenvalue weighted by molar-refractivity contribution is 5.34. The van der Waals surface area contributed by atoms with Crippen LogP contribution < -0.4 is 5.73 Å². The minimum atomic E-state index is 0.383. The number of benzene rings is 1. The SMILES string of the molecule is NCCCCCc1nc(C2Cc3ccccc3C2)no1. The first-order chi connectivity index (χ1) is 9.86. The van der Waals surface area contributed by atoms with Crippen molar-refractivity contribution in [3.63, 3.8) is 0 Å². The molecule has 2 aromatic rings. The summed E-state index contributed by atoms with van der Waals surface area (Å²) in [6, 6.07) is 8.59. The average Bonchev–Trinajstić information content (AvgIpc) is 3.09. The molecule has 0 radical (unpaired) electrons. The molecule has 2 N–H and O–H groups in total. The molecule has 0 saturated heterocycles. The van der Waals surface area contributed by atoms with Gasteiger partial charge in [-0.15, -0.1) is 0 Å². The van der Waals surface area contributed by atoms with Crippen molar-refractivity contribution < 1.29 is 4.52 Å². The lowest BCUT2D eigenvalue weighted by Crippen LogP contribution is -2.01. The minimum Gasteiger partial charge on any atom is -0.339 e. The van der Waals surface area contributed by atoms with Crippen LogP contribution in [0.25, 0.3) is 0 Å². The van der Waals surface area contributed by atoms with Gasteiger partial charge in [-0.1, -0.05) is 35.8 Å². The molecule has 0 bridgehead atoms. The summed E-state index contributed by atoms with van der Waals surface area (Å²) in [5.74, 6) is 2.02. The predicted molar refractivity (Wildman–Crippen MR) is 77.5 cm³/mol. The first-order valence-electron chi connectivity index (χ1n) is 7.46. The van der Waals surface area contributed by atoms with E-state index < -0.39 is 0 Å². The van der Waals surface area contributed by atoms with Gasteiger partial charge in [0.2, 0.25) is 5.89 Å². The molecule has 106 valence electrons. The number of unbranched alkanes of at least 4 members (excludes halogenated alkanes) is 2. The van der Waals surface area contributed by atoms with Gasteiger partial charge >= 0.3 is 0 Å². The van der Waals surface area contributed by atoms with Gasteiger partial charge in [-0.2, -0.15) is 4.98 Å². The number of rotatable bonds is 6. The summed E-state index contributed by atoms with van der Waals surface area (Å²) in [6.45, 7) is 0.759. The highest BCUT2D eigenvalue weighted by Crippen LogP contribution is 2.32. The van der Waals surface area contributed by atoms with Gasteiger partial charge in [0.05, 0.1) is 0 Å². The zero-order valence-electron chi connectivity index (χ0n) is 11.7. The molecule has 0 saturated carbocycles. The van der Waals surface area contributed by atoms with Crippen molar-refractivity contribution in [1.82, 2.24) is 10.1 Å². The molecular weight excluding hydrogens is 250 g/mol. The maximum absolute atomic E-state index is 5.49. The number of nitrogens with two attached hydrogens (primary N) is 1. The zero-order valence-corrected chi connectivity index (χ0v) is 11.7. The lowest BCUT2D eigenvalue weighted by Gasteiger charge is -2.00. The Balaban J connectivity index is 1.58. The third kappa shape index (κ3) is 2.90. The summed E-state index contributed by atoms with van der Waals surface area (Å²) >= 11 is 0. The lowest BCUT2D eigenvalue weighted by atomic mass is 10.1. The Hall–Kier alpha value is -1.68. The fourth-order valence-electron chi connectivity index (χ4n) is 2.87. The minimum absolute atomic E-state index is 0.383. The Morgan fingerprint density at radius 3 is 2.55 bits per heavy atom. The Kier molecular flexibility index (Phi) is 4.11. The van der Waals surface area contributed by atoms with E-state index in [1.165, 1.54) is 11.1 Å². The van der Waals surface area contributed by atoms with Crippen molar-refractivity contribution in [2.75, 3.05) is 6.54 Å². The molecule has 0 atom stereocenters. The summed E-state index contributed by atoms with van der Waals surface area (Å²) in [4.78, 5) is 4.56. The Morgan fingerprint density at radius 2 is 1.85 bits per heavy atom. The van der Waals surface area contributed by atoms with E-state index >= 15 is 0 Å². The van der Waals surface area contributed by atoms with Crippen LogP contribution in [0.5, 0.6) is 0 Å². The summed E-state index contributed by atoms with van der Waals surface area (Å²) < 4.78 is 5.36. The van der Waals surface area contributed by atoms with Gasteiger partial charge < -0.3 is 10.3 Å². The molecule has 20 heavy (non-hydrogen) atoms. The van der Waals surface area contributed by atoms with Crippen molar-refractivity contribution in [2.45, 2.75) is 44.4 Å². The quantitative estimate of drug-likeness (QED) is 0.820. The van der Waals surface area contributed by atoms with Crippen LogP contribution in [0.3, 0.4) is 0 Å². The van der Waals surface area contributed by atoms with Crippen LogP contribution in [0.4, 0.5) is 0 Å². The highest BCUT2D eigenvalue weighted by atomic mass is 16.5. The number of hydrogen-bond acceptors (Lipinski definition) is 4. The molecular formula is C16H21N3O. The summed E-state index contributed by atoms with van der Waals surface area (Å²) in [7, 11) is 0. The van der Waals surface area contributed by atoms with Gasteiger partial charge in [0.15, 0.2) is 5.82 Å². The second kappa shape index (κ2) is 6.18. The molecule has 0 spiro atoms. The van der Waals surface area contributed by atoms with E-state index in [1.807, 2.05) is 0 Å². The van der Waals surface area contributed by atoms with Crippen LogP contribution in [-0.4, -0.2) is 16.7 Å². The molecule has 1 aromatic heterocycles. The van der Waals surface area contributed by atoms with Crippen molar-refractivity contribution in [3.05, 3.63) is 47.1 Å². The van der Waals surface area contributed by atoms with Gasteiger partial charge in [0.25, 0.3) is 0 Å². The fraction of sp³-hybridized carbons (Fsp3) is 0.500. The van der Waals surface area contributed by atoms with E-state index in [0.29, 0.717) is 5.92 Å². The topological polar surface area (TPSA) is 64.9 Å². The summed E-state index contributed by atoms with van der Waals surface area (Å²) in [5, 5.41) is 4.17. The number of aromatic nitrogens is 2. The van der Waals surface area contributed by atoms with Crippen LogP contribution >= 0.6 is 0 Å². The summed E-state index contributed by atoms with van der Waals surface area (Å²) in [6.07, 6.45) is 6.20. The van der Waals surface area contributed by atoms with Crippen molar-refractivity contribution in [3.8, 4) is 0 Å². The number of aryl methyl sites for hydroxylation is 1. The van der Waals surface area contributed by atoms with E-state index in [9.17, 15) is 0 Å². The van der Waals surface area contributed by atoms with Crippen molar-refractivity contribution in [2.24, 2.45) is 5.73 Å². The second-order valence-electron chi connectivity index (χ2n) is 5.52. The molecule has 1 aliphatic carbocycles. The fourth-order valence-corrected chi connectivity index (χ4v) is 2.87. The van der Waals surface area contributed by atoms with Crippen molar-refractivity contribution in [1.29, 1.82) is 0 Å². The third-order valence-electron chi connectivity index (χ3n) is 3.99. The van der Waals surface area contributed by atoms with Crippen LogP contribution in [-0.2, 0) is 19.3 Å². The summed E-state index contributed by atoms with van der Waals surface area (Å²) in [5.41, 5.74) is 8.33. The first kappa shape index (κ1) is 13.3. The van der Waals surface area contributed by atoms with Crippen LogP contribution in [0.2, 0.25) is 0 Å². The van der Waals surface area contributed by atoms with E-state index in [4.69, 9.17) is 10.3 Å². The molecule has 1 aliphatic rings. The lowest BCUT2D eigenvalue weighted by molar-refractivity contribution is 0.366. The van der Waals surface area contributed by atoms with Crippen molar-refractivity contribution >= 4 is 0 Å². The monoisotopic (exact) mass is 271 g/mol. The smallest absolute Gasteiger partial charge is 0.226 e. The van der Waals surface area contributed by atoms with E-state index in [2.05, 4.69) is 34.4 Å². The number of hydrogen-bond donors (Lipinski definition) is 1. The molecule has 1 heterocycles. The number of nitrogens with zero attached hydrogens (tertiary/aromatic N) is 2. The Labute approximate surface area is 119 Å². The molecule has 0 fully saturated rings. The average molecular weight is 271 g/mol. The number of fused-ring (bicyclic) bond motifs is 1. The van der Waals surface area contributed by atoms with Crippen LogP contribution in [0.1, 0.15) is 48.0 Å². The van der Waals surface area contributed by atoms with Gasteiger partial charge in [0, 0.05) is 12.3 Å². The molecule has 0 aliphatic heterocycles. The molecule has 4 heteroatoms. The van der Waals surface area contributed by atoms with Crippen LogP contribution in [0, 0.1) is 0 Å². The molecule has 4 nitrogen and oxygen atoms in total. The maximum Gasteiger partial charge on any atom is 0.226 e. The Morgan fingerprint density at radius 1 is 1.10 bits per heavy atom. The predicted octanol–water partition coefficient (Wildman–Crippen LogP) is 2.62. The Bertz CT molecular complexity index is 539. The van der Waals surface area contributed by atoms with E-state index in [1.54, 1.807) is 0 Å². The molecule has 0 unspecified atom stereocenters. The first-order valence-corrected chi connectivity index (χ1v) is 7.46. The van der Waals surface area contributed by atoms with E-state index in [-0.39, 0.29) is 0 Å². The maximum atomic E-state index is 5.49. The van der Waals surface area contributed by atoms with E-state index in [0.717, 1.165) is 56.8 Å². The third-order valence-corrected chi connectivity index (χ3v) is 3.99. The molecule has 0 amide bonds. The highest BCUT2D eigenvalue weighted by Gasteiger charge is 2.26. The van der Waals surface area contributed by atoms with Gasteiger partial charge in [-0.25, -0.2) is 0 Å².